The van der Waals surface area contributed by atoms with Crippen molar-refractivity contribution in [2.45, 2.75) is 6.92 Å². The second-order valence-corrected chi connectivity index (χ2v) is 5.59. The van der Waals surface area contributed by atoms with Crippen LogP contribution in [0.1, 0.15) is 5.56 Å². The zero-order valence-corrected chi connectivity index (χ0v) is 13.9. The molecule has 0 atom stereocenters. The molecular weight excluding hydrogens is 336 g/mol. The summed E-state index contributed by atoms with van der Waals surface area (Å²) in [7, 11) is 0. The van der Waals surface area contributed by atoms with Crippen molar-refractivity contribution in [2.24, 2.45) is 0 Å². The van der Waals surface area contributed by atoms with Crippen molar-refractivity contribution in [3.05, 3.63) is 53.1 Å². The van der Waals surface area contributed by atoms with Crippen molar-refractivity contribution >= 4 is 40.5 Å². The van der Waals surface area contributed by atoms with Gasteiger partial charge in [-0.2, -0.15) is 0 Å². The number of aromatic hydroxyl groups is 1. The van der Waals surface area contributed by atoms with Crippen molar-refractivity contribution in [1.82, 2.24) is 5.32 Å². The molecule has 0 aromatic heterocycles. The first-order valence-corrected chi connectivity index (χ1v) is 7.51. The molecular formula is C16H15ClN2O3S. The molecule has 0 heterocycles. The number of benzene rings is 2. The predicted octanol–water partition coefficient (Wildman–Crippen LogP) is 3.25. The molecule has 2 aromatic carbocycles. The minimum absolute atomic E-state index is 0.150. The van der Waals surface area contributed by atoms with Gasteiger partial charge in [0.25, 0.3) is 5.91 Å². The number of halogens is 1. The van der Waals surface area contributed by atoms with E-state index in [4.69, 9.17) is 28.6 Å². The Labute approximate surface area is 144 Å². The summed E-state index contributed by atoms with van der Waals surface area (Å²) in [5, 5.41) is 15.3. The highest BCUT2D eigenvalue weighted by atomic mass is 35.5. The second-order valence-electron chi connectivity index (χ2n) is 4.75. The smallest absolute Gasteiger partial charge is 0.264 e. The number of amides is 1. The number of carbonyl (C=O) groups is 1. The van der Waals surface area contributed by atoms with Crippen molar-refractivity contribution < 1.29 is 14.6 Å². The van der Waals surface area contributed by atoms with Crippen LogP contribution in [-0.4, -0.2) is 22.7 Å². The highest BCUT2D eigenvalue weighted by Gasteiger charge is 2.07. The quantitative estimate of drug-likeness (QED) is 0.583. The van der Waals surface area contributed by atoms with Gasteiger partial charge < -0.3 is 15.2 Å². The number of carbonyl (C=O) groups excluding carboxylic acids is 1. The average Bonchev–Trinajstić information content (AvgIpc) is 2.48. The first-order chi connectivity index (χ1) is 10.9. The molecule has 0 aliphatic heterocycles. The molecule has 5 nitrogen and oxygen atoms in total. The van der Waals surface area contributed by atoms with Gasteiger partial charge in [-0.05, 0) is 67.2 Å². The predicted molar refractivity (Wildman–Crippen MR) is 94.2 cm³/mol. The Bertz CT molecular complexity index is 720. The lowest BCUT2D eigenvalue weighted by molar-refractivity contribution is -0.121. The van der Waals surface area contributed by atoms with Gasteiger partial charge in [-0.1, -0.05) is 11.6 Å². The summed E-state index contributed by atoms with van der Waals surface area (Å²) in [5.74, 6) is 0.356. The third-order valence-electron chi connectivity index (χ3n) is 2.87. The van der Waals surface area contributed by atoms with E-state index >= 15 is 0 Å². The van der Waals surface area contributed by atoms with E-state index in [0.717, 1.165) is 5.56 Å². The Kier molecular flexibility index (Phi) is 5.78. The van der Waals surface area contributed by atoms with Gasteiger partial charge in [-0.15, -0.1) is 0 Å². The summed E-state index contributed by atoms with van der Waals surface area (Å²) in [6.07, 6.45) is 0. The van der Waals surface area contributed by atoms with E-state index in [1.165, 1.54) is 12.1 Å². The van der Waals surface area contributed by atoms with Gasteiger partial charge in [-0.3, -0.25) is 10.1 Å². The molecule has 0 unspecified atom stereocenters. The number of phenolic OH excluding ortho intramolecular Hbond substituents is 1. The van der Waals surface area contributed by atoms with E-state index in [1.807, 2.05) is 6.92 Å². The molecule has 2 rings (SSSR count). The van der Waals surface area contributed by atoms with Crippen molar-refractivity contribution in [3.63, 3.8) is 0 Å². The lowest BCUT2D eigenvalue weighted by Gasteiger charge is -2.11. The maximum absolute atomic E-state index is 11.8. The first-order valence-electron chi connectivity index (χ1n) is 6.73. The highest BCUT2D eigenvalue weighted by Crippen LogP contribution is 2.21. The van der Waals surface area contributed by atoms with Gasteiger partial charge in [-0.25, -0.2) is 0 Å². The molecule has 0 saturated heterocycles. The second kappa shape index (κ2) is 7.80. The molecule has 0 fully saturated rings. The topological polar surface area (TPSA) is 70.6 Å². The van der Waals surface area contributed by atoms with Crippen LogP contribution < -0.4 is 15.4 Å². The maximum atomic E-state index is 11.8. The summed E-state index contributed by atoms with van der Waals surface area (Å²) in [6.45, 7) is 1.68. The number of anilines is 1. The van der Waals surface area contributed by atoms with E-state index in [0.29, 0.717) is 16.5 Å². The molecule has 3 N–H and O–H groups in total. The fourth-order valence-corrected chi connectivity index (χ4v) is 2.25. The van der Waals surface area contributed by atoms with Crippen LogP contribution in [0.25, 0.3) is 0 Å². The van der Waals surface area contributed by atoms with Crippen molar-refractivity contribution in [3.8, 4) is 11.5 Å². The third-order valence-corrected chi connectivity index (χ3v) is 3.31. The zero-order chi connectivity index (χ0) is 16.8. The van der Waals surface area contributed by atoms with E-state index in [1.54, 1.807) is 30.3 Å². The van der Waals surface area contributed by atoms with Crippen LogP contribution in [0.4, 0.5) is 5.69 Å². The van der Waals surface area contributed by atoms with Crippen LogP contribution in [0.3, 0.4) is 0 Å². The van der Waals surface area contributed by atoms with Gasteiger partial charge in [0, 0.05) is 10.7 Å². The standard InChI is InChI=1S/C16H15ClN2O3S/c1-10-8-11(17)2-7-14(10)22-9-15(21)19-16(23)18-12-3-5-13(20)6-4-12/h2-8,20H,9H2,1H3,(H2,18,19,21,23). The monoisotopic (exact) mass is 350 g/mol. The molecule has 0 radical (unpaired) electrons. The number of nitrogens with one attached hydrogen (secondary N) is 2. The Morgan fingerprint density at radius 2 is 1.96 bits per heavy atom. The Morgan fingerprint density at radius 3 is 2.61 bits per heavy atom. The SMILES string of the molecule is Cc1cc(Cl)ccc1OCC(=O)NC(=S)Nc1ccc(O)cc1. The van der Waals surface area contributed by atoms with Crippen LogP contribution in [0, 0.1) is 6.92 Å². The highest BCUT2D eigenvalue weighted by molar-refractivity contribution is 7.80. The van der Waals surface area contributed by atoms with Gasteiger partial charge in [0.2, 0.25) is 0 Å². The molecule has 120 valence electrons. The first kappa shape index (κ1) is 17.1. The van der Waals surface area contributed by atoms with E-state index in [9.17, 15) is 9.90 Å². The molecule has 2 aromatic rings. The largest absolute Gasteiger partial charge is 0.508 e. The van der Waals surface area contributed by atoms with Crippen LogP contribution in [0.2, 0.25) is 5.02 Å². The normalized spacial score (nSPS) is 10.0. The van der Waals surface area contributed by atoms with Crippen LogP contribution in [0.15, 0.2) is 42.5 Å². The Balaban J connectivity index is 1.82. The number of hydrogen-bond donors (Lipinski definition) is 3. The Morgan fingerprint density at radius 1 is 1.26 bits per heavy atom. The number of aryl methyl sites for hydroxylation is 1. The minimum atomic E-state index is -0.379. The van der Waals surface area contributed by atoms with Crippen molar-refractivity contribution in [1.29, 1.82) is 0 Å². The van der Waals surface area contributed by atoms with Crippen LogP contribution in [-0.2, 0) is 4.79 Å². The molecule has 0 spiro atoms. The molecule has 23 heavy (non-hydrogen) atoms. The van der Waals surface area contributed by atoms with Crippen LogP contribution >= 0.6 is 23.8 Å². The number of ether oxygens (including phenoxy) is 1. The summed E-state index contributed by atoms with van der Waals surface area (Å²) < 4.78 is 5.43. The third kappa shape index (κ3) is 5.43. The van der Waals surface area contributed by atoms with Gasteiger partial charge in [0.15, 0.2) is 11.7 Å². The van der Waals surface area contributed by atoms with E-state index in [-0.39, 0.29) is 23.4 Å². The average molecular weight is 351 g/mol. The zero-order valence-electron chi connectivity index (χ0n) is 12.3. The number of hydrogen-bond acceptors (Lipinski definition) is 4. The maximum Gasteiger partial charge on any atom is 0.264 e. The molecule has 0 aliphatic rings. The van der Waals surface area contributed by atoms with Gasteiger partial charge in [0.1, 0.15) is 11.5 Å². The number of phenols is 1. The van der Waals surface area contributed by atoms with E-state index < -0.39 is 0 Å². The lowest BCUT2D eigenvalue weighted by Crippen LogP contribution is -2.37. The molecule has 0 aliphatic carbocycles. The molecule has 7 heteroatoms. The molecule has 0 bridgehead atoms. The van der Waals surface area contributed by atoms with Gasteiger partial charge in [0.05, 0.1) is 0 Å². The molecule has 1 amide bonds. The summed E-state index contributed by atoms with van der Waals surface area (Å²) >= 11 is 10.9. The molecule has 0 saturated carbocycles. The Hall–Kier alpha value is -2.31. The number of rotatable bonds is 4. The summed E-state index contributed by atoms with van der Waals surface area (Å²) in [6, 6.07) is 11.5. The summed E-state index contributed by atoms with van der Waals surface area (Å²) in [5.41, 5.74) is 1.50. The van der Waals surface area contributed by atoms with Crippen LogP contribution in [0.5, 0.6) is 11.5 Å². The van der Waals surface area contributed by atoms with Gasteiger partial charge >= 0.3 is 0 Å². The van der Waals surface area contributed by atoms with E-state index in [2.05, 4.69) is 10.6 Å². The minimum Gasteiger partial charge on any atom is -0.508 e. The number of thiocarbonyl (C=S) groups is 1. The van der Waals surface area contributed by atoms with Crippen molar-refractivity contribution in [2.75, 3.05) is 11.9 Å². The summed E-state index contributed by atoms with van der Waals surface area (Å²) in [4.78, 5) is 11.8. The fraction of sp³-hybridized carbons (Fsp3) is 0.125. The fourth-order valence-electron chi connectivity index (χ4n) is 1.79. The lowest BCUT2D eigenvalue weighted by atomic mass is 10.2.